The first-order chi connectivity index (χ1) is 9.72. The summed E-state index contributed by atoms with van der Waals surface area (Å²) in [4.78, 5) is 11.4. The molecule has 1 aliphatic rings. The molecule has 1 fully saturated rings. The first-order valence-corrected chi connectivity index (χ1v) is 6.69. The molecule has 0 aliphatic carbocycles. The van der Waals surface area contributed by atoms with Crippen LogP contribution in [0.1, 0.15) is 11.1 Å². The number of benzene rings is 1. The zero-order valence-corrected chi connectivity index (χ0v) is 11.4. The summed E-state index contributed by atoms with van der Waals surface area (Å²) >= 11 is 0. The van der Waals surface area contributed by atoms with Crippen LogP contribution >= 0.6 is 0 Å². The van der Waals surface area contributed by atoms with Crippen molar-refractivity contribution in [3.8, 4) is 5.69 Å². The molecule has 0 bridgehead atoms. The van der Waals surface area contributed by atoms with E-state index in [1.165, 1.54) is 11.1 Å². The number of morpholine rings is 1. The van der Waals surface area contributed by atoms with Gasteiger partial charge in [-0.25, -0.2) is 4.68 Å². The lowest BCUT2D eigenvalue weighted by molar-refractivity contribution is -0.131. The summed E-state index contributed by atoms with van der Waals surface area (Å²) in [5.41, 5.74) is 3.44. The Morgan fingerprint density at radius 2 is 2.40 bits per heavy atom. The minimum Gasteiger partial charge on any atom is -0.369 e. The molecule has 5 nitrogen and oxygen atoms in total. The predicted octanol–water partition coefficient (Wildman–Crippen LogP) is 1.24. The van der Waals surface area contributed by atoms with Gasteiger partial charge in [0.1, 0.15) is 6.61 Å². The Bertz CT molecular complexity index is 608. The van der Waals surface area contributed by atoms with Crippen LogP contribution in [0.5, 0.6) is 0 Å². The molecule has 1 aliphatic heterocycles. The van der Waals surface area contributed by atoms with Gasteiger partial charge in [0.2, 0.25) is 5.91 Å². The number of hydrogen-bond acceptors (Lipinski definition) is 3. The Labute approximate surface area is 117 Å². The van der Waals surface area contributed by atoms with Gasteiger partial charge in [0.15, 0.2) is 0 Å². The van der Waals surface area contributed by atoms with Crippen molar-refractivity contribution >= 4 is 5.91 Å². The van der Waals surface area contributed by atoms with Gasteiger partial charge in [0.25, 0.3) is 0 Å². The van der Waals surface area contributed by atoms with E-state index in [0.29, 0.717) is 6.61 Å². The number of ether oxygens (including phenoxy) is 1. The molecule has 20 heavy (non-hydrogen) atoms. The molecule has 3 rings (SSSR count). The summed E-state index contributed by atoms with van der Waals surface area (Å²) in [7, 11) is 0. The molecule has 0 unspecified atom stereocenters. The Morgan fingerprint density at radius 3 is 3.15 bits per heavy atom. The van der Waals surface area contributed by atoms with Gasteiger partial charge < -0.3 is 10.1 Å². The van der Waals surface area contributed by atoms with E-state index < -0.39 is 0 Å². The van der Waals surface area contributed by atoms with Crippen LogP contribution in [0.15, 0.2) is 36.7 Å². The number of carbonyl (C=O) groups is 1. The van der Waals surface area contributed by atoms with Crippen molar-refractivity contribution in [1.82, 2.24) is 15.1 Å². The average molecular weight is 271 g/mol. The molecule has 1 aromatic heterocycles. The van der Waals surface area contributed by atoms with Crippen LogP contribution in [-0.2, 0) is 16.0 Å². The number of rotatable bonds is 3. The van der Waals surface area contributed by atoms with Crippen LogP contribution in [0, 0.1) is 6.92 Å². The molecule has 0 spiro atoms. The quantitative estimate of drug-likeness (QED) is 0.913. The number of carbonyl (C=O) groups excluding carboxylic acids is 1. The van der Waals surface area contributed by atoms with Gasteiger partial charge in [-0.2, -0.15) is 5.10 Å². The summed E-state index contributed by atoms with van der Waals surface area (Å²) in [6.45, 7) is 2.81. The fraction of sp³-hybridized carbons (Fsp3) is 0.333. The number of aromatic nitrogens is 2. The third kappa shape index (κ3) is 2.72. The zero-order valence-electron chi connectivity index (χ0n) is 11.4. The van der Waals surface area contributed by atoms with Crippen LogP contribution in [-0.4, -0.2) is 34.9 Å². The van der Waals surface area contributed by atoms with Crippen LogP contribution in [0.4, 0.5) is 0 Å². The van der Waals surface area contributed by atoms with Crippen LogP contribution in [0.2, 0.25) is 0 Å². The second-order valence-electron chi connectivity index (χ2n) is 5.05. The van der Waals surface area contributed by atoms with E-state index in [-0.39, 0.29) is 18.6 Å². The molecule has 1 N–H and O–H groups in total. The fourth-order valence-corrected chi connectivity index (χ4v) is 2.42. The Hall–Kier alpha value is -2.14. The summed E-state index contributed by atoms with van der Waals surface area (Å²) in [6.07, 6.45) is 4.45. The smallest absolute Gasteiger partial charge is 0.246 e. The first kappa shape index (κ1) is 12.9. The molecule has 1 saturated heterocycles. The van der Waals surface area contributed by atoms with Crippen molar-refractivity contribution in [1.29, 1.82) is 0 Å². The highest BCUT2D eigenvalue weighted by Gasteiger charge is 2.19. The number of hydrogen-bond donors (Lipinski definition) is 1. The maximum Gasteiger partial charge on any atom is 0.246 e. The van der Waals surface area contributed by atoms with Gasteiger partial charge in [0.05, 0.1) is 18.3 Å². The van der Waals surface area contributed by atoms with Gasteiger partial charge in [-0.1, -0.05) is 6.07 Å². The normalized spacial score (nSPS) is 18.9. The van der Waals surface area contributed by atoms with E-state index >= 15 is 0 Å². The van der Waals surface area contributed by atoms with Gasteiger partial charge in [-0.05, 0) is 42.7 Å². The highest BCUT2D eigenvalue weighted by atomic mass is 16.5. The third-order valence-corrected chi connectivity index (χ3v) is 3.49. The van der Waals surface area contributed by atoms with Crippen molar-refractivity contribution < 1.29 is 9.53 Å². The maximum atomic E-state index is 11.4. The van der Waals surface area contributed by atoms with Crippen molar-refractivity contribution in [2.24, 2.45) is 0 Å². The lowest BCUT2D eigenvalue weighted by Crippen LogP contribution is -2.46. The van der Waals surface area contributed by atoms with Gasteiger partial charge in [-0.3, -0.25) is 4.79 Å². The standard InChI is InChI=1S/C15H17N3O2/c1-11-3-4-14(18-6-2-5-16-18)8-12(11)7-13-9-20-10-15(19)17-13/h2-6,8,13H,7,9-10H2,1H3,(H,17,19)/t13-/m1/s1. The molecule has 2 aromatic rings. The van der Waals surface area contributed by atoms with E-state index in [4.69, 9.17) is 4.74 Å². The number of nitrogens with one attached hydrogen (secondary N) is 1. The molecule has 104 valence electrons. The van der Waals surface area contributed by atoms with Crippen LogP contribution in [0.25, 0.3) is 5.69 Å². The monoisotopic (exact) mass is 271 g/mol. The van der Waals surface area contributed by atoms with E-state index in [2.05, 4.69) is 29.5 Å². The first-order valence-electron chi connectivity index (χ1n) is 6.69. The van der Waals surface area contributed by atoms with E-state index in [1.54, 1.807) is 6.20 Å². The Kier molecular flexibility index (Phi) is 3.52. The second kappa shape index (κ2) is 5.46. The topological polar surface area (TPSA) is 56.2 Å². The van der Waals surface area contributed by atoms with Crippen LogP contribution < -0.4 is 5.32 Å². The van der Waals surface area contributed by atoms with Crippen molar-refractivity contribution in [3.63, 3.8) is 0 Å². The highest BCUT2D eigenvalue weighted by Crippen LogP contribution is 2.16. The van der Waals surface area contributed by atoms with Crippen LogP contribution in [0.3, 0.4) is 0 Å². The van der Waals surface area contributed by atoms with Gasteiger partial charge in [-0.15, -0.1) is 0 Å². The number of amides is 1. The summed E-state index contributed by atoms with van der Waals surface area (Å²) in [5.74, 6) is -0.0397. The maximum absolute atomic E-state index is 11.4. The lowest BCUT2D eigenvalue weighted by Gasteiger charge is -2.24. The number of nitrogens with zero attached hydrogens (tertiary/aromatic N) is 2. The minimum atomic E-state index is -0.0397. The summed E-state index contributed by atoms with van der Waals surface area (Å²) in [6, 6.07) is 8.18. The number of aryl methyl sites for hydroxylation is 1. The van der Waals surface area contributed by atoms with Gasteiger partial charge >= 0.3 is 0 Å². The zero-order chi connectivity index (χ0) is 13.9. The summed E-state index contributed by atoms with van der Waals surface area (Å²) in [5, 5.41) is 7.20. The molecule has 0 radical (unpaired) electrons. The van der Waals surface area contributed by atoms with E-state index in [9.17, 15) is 4.79 Å². The molecule has 5 heteroatoms. The predicted molar refractivity (Wildman–Crippen MR) is 74.8 cm³/mol. The second-order valence-corrected chi connectivity index (χ2v) is 5.05. The molecule has 1 aromatic carbocycles. The fourth-order valence-electron chi connectivity index (χ4n) is 2.42. The lowest BCUT2D eigenvalue weighted by atomic mass is 10.00. The van der Waals surface area contributed by atoms with E-state index in [1.807, 2.05) is 23.0 Å². The van der Waals surface area contributed by atoms with Crippen molar-refractivity contribution in [3.05, 3.63) is 47.8 Å². The third-order valence-electron chi connectivity index (χ3n) is 3.49. The molecule has 2 heterocycles. The highest BCUT2D eigenvalue weighted by molar-refractivity contribution is 5.78. The molecule has 0 saturated carbocycles. The molecular weight excluding hydrogens is 254 g/mol. The SMILES string of the molecule is Cc1ccc(-n2cccn2)cc1C[C@@H]1COCC(=O)N1. The molecule has 1 atom stereocenters. The van der Waals surface area contributed by atoms with E-state index in [0.717, 1.165) is 12.1 Å². The Morgan fingerprint density at radius 1 is 1.50 bits per heavy atom. The van der Waals surface area contributed by atoms with Gasteiger partial charge in [0, 0.05) is 12.4 Å². The van der Waals surface area contributed by atoms with Crippen molar-refractivity contribution in [2.45, 2.75) is 19.4 Å². The minimum absolute atomic E-state index is 0.0397. The average Bonchev–Trinajstić information content (AvgIpc) is 2.95. The largest absolute Gasteiger partial charge is 0.369 e. The summed E-state index contributed by atoms with van der Waals surface area (Å²) < 4.78 is 7.11. The van der Waals surface area contributed by atoms with Crippen molar-refractivity contribution in [2.75, 3.05) is 13.2 Å². The molecule has 1 amide bonds. The Balaban J connectivity index is 1.81. The molecular formula is C15H17N3O2.